The summed E-state index contributed by atoms with van der Waals surface area (Å²) < 4.78 is 6.10. The Hall–Kier alpha value is -0.890. The van der Waals surface area contributed by atoms with Gasteiger partial charge >= 0.3 is 0 Å². The summed E-state index contributed by atoms with van der Waals surface area (Å²) in [6.07, 6.45) is 2.21. The van der Waals surface area contributed by atoms with Gasteiger partial charge in [0.15, 0.2) is 5.16 Å². The van der Waals surface area contributed by atoms with E-state index in [0.29, 0.717) is 13.2 Å². The van der Waals surface area contributed by atoms with Gasteiger partial charge in [0.05, 0.1) is 23.7 Å². The second-order valence-electron chi connectivity index (χ2n) is 6.68. The maximum absolute atomic E-state index is 9.95. The van der Waals surface area contributed by atoms with Crippen LogP contribution in [-0.4, -0.2) is 39.1 Å². The van der Waals surface area contributed by atoms with Gasteiger partial charge in [-0.3, -0.25) is 0 Å². The largest absolute Gasteiger partial charge is 0.391 e. The Morgan fingerprint density at radius 1 is 1.36 bits per heavy atom. The van der Waals surface area contributed by atoms with Gasteiger partial charge in [-0.25, -0.2) is 9.97 Å². The van der Waals surface area contributed by atoms with Crippen molar-refractivity contribution in [3.63, 3.8) is 0 Å². The van der Waals surface area contributed by atoms with Crippen LogP contribution in [0.25, 0.3) is 10.2 Å². The van der Waals surface area contributed by atoms with E-state index in [2.05, 4.69) is 26.1 Å². The molecule has 0 radical (unpaired) electrons. The summed E-state index contributed by atoms with van der Waals surface area (Å²) in [4.78, 5) is 11.8. The van der Waals surface area contributed by atoms with E-state index in [1.807, 2.05) is 6.92 Å². The molecule has 0 saturated carbocycles. The highest BCUT2D eigenvalue weighted by molar-refractivity contribution is 7.99. The normalized spacial score (nSPS) is 21.3. The maximum Gasteiger partial charge on any atom is 0.190 e. The number of ether oxygens (including phenoxy) is 1. The molecule has 0 unspecified atom stereocenters. The first-order chi connectivity index (χ1) is 12.0. The Labute approximate surface area is 157 Å². The van der Waals surface area contributed by atoms with Crippen LogP contribution in [0.5, 0.6) is 0 Å². The lowest BCUT2D eigenvalue weighted by Crippen LogP contribution is -2.34. The molecule has 138 valence electrons. The summed E-state index contributed by atoms with van der Waals surface area (Å²) in [6.45, 7) is 9.58. The summed E-state index contributed by atoms with van der Waals surface area (Å²) in [7, 11) is 0. The van der Waals surface area contributed by atoms with Gasteiger partial charge in [0.25, 0.3) is 0 Å². The smallest absolute Gasteiger partial charge is 0.190 e. The second kappa shape index (κ2) is 7.78. The Morgan fingerprint density at radius 2 is 2.16 bits per heavy atom. The molecule has 25 heavy (non-hydrogen) atoms. The molecule has 0 amide bonds. The number of hydrogen-bond donors (Lipinski definition) is 2. The average molecular weight is 382 g/mol. The number of nitrogens with zero attached hydrogens (tertiary/aromatic N) is 2. The number of aliphatic hydroxyl groups excluding tert-OH is 1. The van der Waals surface area contributed by atoms with Crippen molar-refractivity contribution in [2.75, 3.05) is 17.6 Å². The van der Waals surface area contributed by atoms with Crippen molar-refractivity contribution in [2.24, 2.45) is 0 Å². The zero-order chi connectivity index (χ0) is 18.0. The molecule has 1 aliphatic heterocycles. The molecule has 0 saturated heterocycles. The van der Waals surface area contributed by atoms with Gasteiger partial charge in [-0.1, -0.05) is 32.5 Å². The van der Waals surface area contributed by atoms with Crippen LogP contribution in [0.3, 0.4) is 0 Å². The van der Waals surface area contributed by atoms with E-state index in [4.69, 9.17) is 14.7 Å². The van der Waals surface area contributed by atoms with E-state index in [9.17, 15) is 5.11 Å². The minimum absolute atomic E-state index is 0.127. The Morgan fingerprint density at radius 3 is 2.84 bits per heavy atom. The van der Waals surface area contributed by atoms with Gasteiger partial charge in [-0.2, -0.15) is 0 Å². The molecule has 3 rings (SSSR count). The van der Waals surface area contributed by atoms with Crippen molar-refractivity contribution in [3.8, 4) is 0 Å². The first-order valence-corrected chi connectivity index (χ1v) is 10.8. The number of thioether (sulfide) groups is 1. The molecule has 7 heteroatoms. The van der Waals surface area contributed by atoms with Crippen molar-refractivity contribution in [1.29, 1.82) is 0 Å². The minimum atomic E-state index is -0.369. The van der Waals surface area contributed by atoms with E-state index in [-0.39, 0.29) is 11.7 Å². The molecule has 1 aliphatic rings. The van der Waals surface area contributed by atoms with Crippen molar-refractivity contribution >= 4 is 39.1 Å². The second-order valence-corrected chi connectivity index (χ2v) is 9.00. The predicted molar refractivity (Wildman–Crippen MR) is 106 cm³/mol. The lowest BCUT2D eigenvalue weighted by Gasteiger charge is -2.33. The number of aromatic nitrogens is 2. The van der Waals surface area contributed by atoms with E-state index in [0.717, 1.165) is 46.2 Å². The number of rotatable bonds is 7. The summed E-state index contributed by atoms with van der Waals surface area (Å²) >= 11 is 3.36. The van der Waals surface area contributed by atoms with E-state index in [1.54, 1.807) is 23.1 Å². The Bertz CT molecular complexity index is 749. The fraction of sp³-hybridized carbons (Fsp3) is 0.667. The van der Waals surface area contributed by atoms with E-state index >= 15 is 0 Å². The van der Waals surface area contributed by atoms with Gasteiger partial charge < -0.3 is 15.2 Å². The molecule has 2 aromatic heterocycles. The summed E-state index contributed by atoms with van der Waals surface area (Å²) in [5.74, 6) is 1.79. The zero-order valence-corrected chi connectivity index (χ0v) is 17.0. The molecular weight excluding hydrogens is 354 g/mol. The quantitative estimate of drug-likeness (QED) is 0.553. The van der Waals surface area contributed by atoms with E-state index < -0.39 is 0 Å². The van der Waals surface area contributed by atoms with Crippen LogP contribution in [0.4, 0.5) is 5.82 Å². The van der Waals surface area contributed by atoms with Gasteiger partial charge in [-0.05, 0) is 31.1 Å². The molecule has 0 spiro atoms. The van der Waals surface area contributed by atoms with Gasteiger partial charge in [-0.15, -0.1) is 11.3 Å². The maximum atomic E-state index is 9.95. The third-order valence-corrected chi connectivity index (χ3v) is 6.64. The van der Waals surface area contributed by atoms with Crippen molar-refractivity contribution < 1.29 is 9.84 Å². The molecule has 0 fully saturated rings. The average Bonchev–Trinajstić information content (AvgIpc) is 2.97. The molecular formula is C18H27N3O2S2. The Balaban J connectivity index is 2.05. The fourth-order valence-corrected chi connectivity index (χ4v) is 4.69. The molecule has 3 heterocycles. The molecule has 0 aliphatic carbocycles. The van der Waals surface area contributed by atoms with Crippen molar-refractivity contribution in [1.82, 2.24) is 9.97 Å². The van der Waals surface area contributed by atoms with Crippen molar-refractivity contribution in [2.45, 2.75) is 70.4 Å². The minimum Gasteiger partial charge on any atom is -0.391 e. The topological polar surface area (TPSA) is 67.3 Å². The third kappa shape index (κ3) is 3.94. The number of anilines is 1. The first-order valence-electron chi connectivity index (χ1n) is 9.00. The number of thiophene rings is 1. The SMILES string of the molecule is CCSc1nc(NC[C@@H](O)CC)c2c3c(sc2n1)CO[C@@](C)(CC)C3. The van der Waals surface area contributed by atoms with Crippen LogP contribution in [0.1, 0.15) is 51.0 Å². The van der Waals surface area contributed by atoms with Crippen LogP contribution >= 0.6 is 23.1 Å². The molecule has 2 N–H and O–H groups in total. The first kappa shape index (κ1) is 18.9. The summed E-state index contributed by atoms with van der Waals surface area (Å²) in [5.41, 5.74) is 1.19. The zero-order valence-electron chi connectivity index (χ0n) is 15.4. The van der Waals surface area contributed by atoms with Crippen LogP contribution in [-0.2, 0) is 17.8 Å². The number of nitrogens with one attached hydrogen (secondary N) is 1. The van der Waals surface area contributed by atoms with Crippen LogP contribution < -0.4 is 5.32 Å². The summed E-state index contributed by atoms with van der Waals surface area (Å²) in [5, 5.41) is 15.2. The number of hydrogen-bond acceptors (Lipinski definition) is 7. The molecule has 0 bridgehead atoms. The van der Waals surface area contributed by atoms with Gasteiger partial charge in [0, 0.05) is 17.8 Å². The Kier molecular flexibility index (Phi) is 5.88. The number of fused-ring (bicyclic) bond motifs is 3. The molecule has 0 aromatic carbocycles. The molecule has 5 nitrogen and oxygen atoms in total. The van der Waals surface area contributed by atoms with Crippen LogP contribution in [0.15, 0.2) is 5.16 Å². The fourth-order valence-electron chi connectivity index (χ4n) is 2.96. The van der Waals surface area contributed by atoms with E-state index in [1.165, 1.54) is 10.4 Å². The third-order valence-electron chi connectivity index (χ3n) is 4.81. The molecule has 2 aromatic rings. The standard InChI is InChI=1S/C18H27N3O2S2/c1-5-11(22)9-19-15-14-12-8-18(4,6-2)23-10-13(12)25-16(14)21-17(20-15)24-7-3/h11,22H,5-10H2,1-4H3,(H,19,20,21)/t11-,18-/m0/s1. The molecule has 2 atom stereocenters. The monoisotopic (exact) mass is 381 g/mol. The summed E-state index contributed by atoms with van der Waals surface area (Å²) in [6, 6.07) is 0. The van der Waals surface area contributed by atoms with Crippen molar-refractivity contribution in [3.05, 3.63) is 10.4 Å². The highest BCUT2D eigenvalue weighted by atomic mass is 32.2. The van der Waals surface area contributed by atoms with Gasteiger partial charge in [0.1, 0.15) is 10.6 Å². The lowest BCUT2D eigenvalue weighted by molar-refractivity contribution is -0.0542. The van der Waals surface area contributed by atoms with Gasteiger partial charge in [0.2, 0.25) is 0 Å². The highest BCUT2D eigenvalue weighted by Crippen LogP contribution is 2.42. The predicted octanol–water partition coefficient (Wildman–Crippen LogP) is 4.23. The number of aliphatic hydroxyl groups is 1. The highest BCUT2D eigenvalue weighted by Gasteiger charge is 2.33. The lowest BCUT2D eigenvalue weighted by atomic mass is 9.90. The van der Waals surface area contributed by atoms with Crippen LogP contribution in [0, 0.1) is 0 Å². The van der Waals surface area contributed by atoms with Crippen LogP contribution in [0.2, 0.25) is 0 Å².